The molecule has 1 saturated carbocycles. The first kappa shape index (κ1) is 20.6. The highest BCUT2D eigenvalue weighted by molar-refractivity contribution is 7.88. The van der Waals surface area contributed by atoms with E-state index in [2.05, 4.69) is 9.71 Å². The molecule has 1 aromatic rings. The zero-order valence-corrected chi connectivity index (χ0v) is 17.6. The van der Waals surface area contributed by atoms with Crippen LogP contribution in [0.5, 0.6) is 5.75 Å². The summed E-state index contributed by atoms with van der Waals surface area (Å²) >= 11 is 0. The number of pyridine rings is 1. The van der Waals surface area contributed by atoms with Crippen LogP contribution in [0.3, 0.4) is 0 Å². The van der Waals surface area contributed by atoms with Crippen LogP contribution in [0, 0.1) is 0 Å². The Morgan fingerprint density at radius 3 is 2.76 bits per heavy atom. The molecule has 0 aromatic carbocycles. The van der Waals surface area contributed by atoms with Crippen molar-refractivity contribution in [2.24, 2.45) is 0 Å². The fourth-order valence-corrected chi connectivity index (χ4v) is 5.66. The van der Waals surface area contributed by atoms with Crippen LogP contribution in [0.25, 0.3) is 0 Å². The Hall–Kier alpha value is -1.71. The Balaban J connectivity index is 1.61. The molecule has 2 fully saturated rings. The topological polar surface area (TPSA) is 97.8 Å². The lowest BCUT2D eigenvalue weighted by molar-refractivity contribution is -0.140. The maximum Gasteiger partial charge on any atom is 0.260 e. The number of carbonyl (C=O) groups is 1. The molecule has 9 heteroatoms. The van der Waals surface area contributed by atoms with Gasteiger partial charge >= 0.3 is 0 Å². The molecule has 3 aliphatic heterocycles. The van der Waals surface area contributed by atoms with Gasteiger partial charge in [0.25, 0.3) is 5.91 Å². The Bertz CT molecular complexity index is 838. The van der Waals surface area contributed by atoms with Crippen LogP contribution < -0.4 is 9.46 Å². The number of sulfonamides is 1. The number of ether oxygens (including phenoxy) is 2. The van der Waals surface area contributed by atoms with Crippen molar-refractivity contribution >= 4 is 15.9 Å². The molecule has 160 valence electrons. The van der Waals surface area contributed by atoms with E-state index < -0.39 is 10.0 Å². The van der Waals surface area contributed by atoms with E-state index in [1.807, 2.05) is 6.07 Å². The van der Waals surface area contributed by atoms with Crippen molar-refractivity contribution in [2.75, 3.05) is 26.0 Å². The molecule has 1 amide bonds. The van der Waals surface area contributed by atoms with Gasteiger partial charge in [0, 0.05) is 24.3 Å². The second-order valence-electron chi connectivity index (χ2n) is 8.30. The SMILES string of the molecule is CS(=O)(=O)N[C@H]1CCCN2C(=O)COc3cnccc3C3CCC(CC3)OC[C@@H]12. The van der Waals surface area contributed by atoms with E-state index in [0.717, 1.165) is 43.9 Å². The standard InChI is InChI=1S/C20H29N3O5S/c1-29(25,26)22-17-3-2-10-23-18(17)12-27-15-6-4-14(5-7-15)16-8-9-21-11-19(16)28-13-20(23)24/h8-9,11,14-15,17-18,22H,2-7,10,12-13H2,1H3/t14?,15?,17-,18-/m0/s1. The third kappa shape index (κ3) is 4.90. The Kier molecular flexibility index (Phi) is 6.08. The number of carbonyl (C=O) groups excluding carboxylic acids is 1. The molecule has 1 aromatic heterocycles. The predicted octanol–water partition coefficient (Wildman–Crippen LogP) is 1.43. The molecule has 1 N–H and O–H groups in total. The summed E-state index contributed by atoms with van der Waals surface area (Å²) in [6, 6.07) is 1.31. The van der Waals surface area contributed by atoms with Gasteiger partial charge in [-0.2, -0.15) is 0 Å². The third-order valence-electron chi connectivity index (χ3n) is 6.25. The number of nitrogens with zero attached hydrogens (tertiary/aromatic N) is 2. The van der Waals surface area contributed by atoms with Gasteiger partial charge in [0.2, 0.25) is 10.0 Å². The quantitative estimate of drug-likeness (QED) is 0.773. The minimum Gasteiger partial charge on any atom is -0.482 e. The Labute approximate surface area is 172 Å². The van der Waals surface area contributed by atoms with Crippen molar-refractivity contribution in [2.45, 2.75) is 62.6 Å². The van der Waals surface area contributed by atoms with Gasteiger partial charge in [-0.1, -0.05) is 0 Å². The lowest BCUT2D eigenvalue weighted by Crippen LogP contribution is -2.59. The van der Waals surface area contributed by atoms with Crippen molar-refractivity contribution in [3.8, 4) is 5.75 Å². The number of hydrogen-bond acceptors (Lipinski definition) is 6. The molecule has 2 atom stereocenters. The number of fused-ring (bicyclic) bond motifs is 5. The summed E-state index contributed by atoms with van der Waals surface area (Å²) in [6.45, 7) is 0.824. The Morgan fingerprint density at radius 2 is 2.00 bits per heavy atom. The van der Waals surface area contributed by atoms with E-state index >= 15 is 0 Å². The van der Waals surface area contributed by atoms with Gasteiger partial charge in [0.05, 0.1) is 31.2 Å². The summed E-state index contributed by atoms with van der Waals surface area (Å²) in [5.41, 5.74) is 1.11. The summed E-state index contributed by atoms with van der Waals surface area (Å²) < 4.78 is 38.5. The van der Waals surface area contributed by atoms with Gasteiger partial charge in [-0.3, -0.25) is 9.78 Å². The van der Waals surface area contributed by atoms with Gasteiger partial charge in [-0.05, 0) is 50.5 Å². The largest absolute Gasteiger partial charge is 0.482 e. The van der Waals surface area contributed by atoms with E-state index in [1.165, 1.54) is 0 Å². The van der Waals surface area contributed by atoms with Gasteiger partial charge in [0.1, 0.15) is 5.75 Å². The van der Waals surface area contributed by atoms with Crippen molar-refractivity contribution < 1.29 is 22.7 Å². The highest BCUT2D eigenvalue weighted by atomic mass is 32.2. The van der Waals surface area contributed by atoms with E-state index in [1.54, 1.807) is 17.3 Å². The fraction of sp³-hybridized carbons (Fsp3) is 0.700. The van der Waals surface area contributed by atoms with Crippen molar-refractivity contribution in [1.82, 2.24) is 14.6 Å². The van der Waals surface area contributed by atoms with Crippen LogP contribution >= 0.6 is 0 Å². The lowest BCUT2D eigenvalue weighted by atomic mass is 9.82. The number of aromatic nitrogens is 1. The van der Waals surface area contributed by atoms with Crippen molar-refractivity contribution in [3.05, 3.63) is 24.0 Å². The lowest BCUT2D eigenvalue weighted by Gasteiger charge is -2.41. The molecule has 2 bridgehead atoms. The molecule has 29 heavy (non-hydrogen) atoms. The van der Waals surface area contributed by atoms with Crippen molar-refractivity contribution in [3.63, 3.8) is 0 Å². The second kappa shape index (κ2) is 8.57. The fourth-order valence-electron chi connectivity index (χ4n) is 4.83. The molecule has 1 saturated heterocycles. The monoisotopic (exact) mass is 423 g/mol. The minimum absolute atomic E-state index is 0.0864. The van der Waals surface area contributed by atoms with Crippen molar-refractivity contribution in [1.29, 1.82) is 0 Å². The average molecular weight is 424 g/mol. The summed E-state index contributed by atoms with van der Waals surface area (Å²) in [5.74, 6) is 0.898. The van der Waals surface area contributed by atoms with Crippen LogP contribution in [0.2, 0.25) is 0 Å². The molecule has 4 aliphatic rings. The van der Waals surface area contributed by atoms with Crippen LogP contribution in [-0.4, -0.2) is 68.4 Å². The molecule has 4 heterocycles. The van der Waals surface area contributed by atoms with E-state index in [9.17, 15) is 13.2 Å². The maximum atomic E-state index is 13.0. The minimum atomic E-state index is -3.38. The second-order valence-corrected chi connectivity index (χ2v) is 10.1. The first-order chi connectivity index (χ1) is 13.9. The van der Waals surface area contributed by atoms with Crippen LogP contribution in [0.4, 0.5) is 0 Å². The van der Waals surface area contributed by atoms with Gasteiger partial charge in [-0.25, -0.2) is 13.1 Å². The highest BCUT2D eigenvalue weighted by Gasteiger charge is 2.37. The van der Waals surface area contributed by atoms with Crippen LogP contribution in [0.15, 0.2) is 18.5 Å². The predicted molar refractivity (Wildman–Crippen MR) is 107 cm³/mol. The summed E-state index contributed by atoms with van der Waals surface area (Å²) in [4.78, 5) is 18.9. The number of nitrogens with one attached hydrogen (secondary N) is 1. The van der Waals surface area contributed by atoms with E-state index in [0.29, 0.717) is 31.2 Å². The smallest absolute Gasteiger partial charge is 0.260 e. The molecule has 8 nitrogen and oxygen atoms in total. The molecule has 1 aliphatic carbocycles. The zero-order valence-electron chi connectivity index (χ0n) is 16.7. The number of amides is 1. The first-order valence-electron chi connectivity index (χ1n) is 10.4. The molecular formula is C20H29N3O5S. The van der Waals surface area contributed by atoms with Crippen LogP contribution in [-0.2, 0) is 19.6 Å². The molecular weight excluding hydrogens is 394 g/mol. The summed E-state index contributed by atoms with van der Waals surface area (Å²) in [5, 5.41) is 0. The average Bonchev–Trinajstić information content (AvgIpc) is 2.71. The van der Waals surface area contributed by atoms with Crippen LogP contribution in [0.1, 0.15) is 50.0 Å². The van der Waals surface area contributed by atoms with E-state index in [-0.39, 0.29) is 30.7 Å². The van der Waals surface area contributed by atoms with Gasteiger partial charge < -0.3 is 14.4 Å². The summed E-state index contributed by atoms with van der Waals surface area (Å²) in [6.07, 6.45) is 10.0. The number of rotatable bonds is 2. The van der Waals surface area contributed by atoms with Gasteiger partial charge in [-0.15, -0.1) is 0 Å². The summed E-state index contributed by atoms with van der Waals surface area (Å²) in [7, 11) is -3.38. The maximum absolute atomic E-state index is 13.0. The molecule has 0 unspecified atom stereocenters. The highest BCUT2D eigenvalue weighted by Crippen LogP contribution is 2.38. The molecule has 0 radical (unpaired) electrons. The third-order valence-corrected chi connectivity index (χ3v) is 6.98. The first-order valence-corrected chi connectivity index (χ1v) is 12.2. The molecule has 0 spiro atoms. The van der Waals surface area contributed by atoms with E-state index in [4.69, 9.17) is 9.47 Å². The Morgan fingerprint density at radius 1 is 1.21 bits per heavy atom. The van der Waals surface area contributed by atoms with Gasteiger partial charge in [0.15, 0.2) is 6.61 Å². The molecule has 5 rings (SSSR count). The number of hydrogen-bond donors (Lipinski definition) is 1. The number of piperidine rings is 1. The normalized spacial score (nSPS) is 30.9. The zero-order chi connectivity index (χ0) is 20.4.